The van der Waals surface area contributed by atoms with Crippen LogP contribution in [0.3, 0.4) is 0 Å². The Morgan fingerprint density at radius 3 is 2.40 bits per heavy atom. The lowest BCUT2D eigenvalue weighted by atomic mass is 10.1. The molecule has 4 N–H and O–H groups in total. The standard InChI is InChI=1S/C15H17N5O4S/c1-8-4-6-9(7-5-8)25(23,24)20-13-11(17-14(20)22)10(12(16)21)18-15(2,3)19-13/h4-7,19H,1-3H3,(H2,16,21)(H,17,22). The lowest BCUT2D eigenvalue weighted by Crippen LogP contribution is -2.40. The van der Waals surface area contributed by atoms with Crippen molar-refractivity contribution in [1.82, 2.24) is 8.96 Å². The molecule has 10 heteroatoms. The largest absolute Gasteiger partial charge is 0.364 e. The number of primary amides is 1. The summed E-state index contributed by atoms with van der Waals surface area (Å²) < 4.78 is 26.5. The quantitative estimate of drug-likeness (QED) is 0.712. The van der Waals surface area contributed by atoms with Gasteiger partial charge in [-0.05, 0) is 32.9 Å². The van der Waals surface area contributed by atoms with E-state index in [-0.39, 0.29) is 22.1 Å². The third kappa shape index (κ3) is 2.74. The van der Waals surface area contributed by atoms with E-state index < -0.39 is 27.3 Å². The number of hydrogen-bond donors (Lipinski definition) is 3. The number of hydrogen-bond acceptors (Lipinski definition) is 6. The molecule has 2 heterocycles. The summed E-state index contributed by atoms with van der Waals surface area (Å²) in [6, 6.07) is 6.08. The molecule has 0 unspecified atom stereocenters. The number of anilines is 1. The molecule has 0 radical (unpaired) electrons. The van der Waals surface area contributed by atoms with Gasteiger partial charge >= 0.3 is 5.69 Å². The molecule has 2 aromatic rings. The van der Waals surface area contributed by atoms with Crippen molar-refractivity contribution >= 4 is 27.5 Å². The molecule has 132 valence electrons. The minimum Gasteiger partial charge on any atom is -0.364 e. The van der Waals surface area contributed by atoms with Crippen LogP contribution in [-0.4, -0.2) is 34.7 Å². The zero-order valence-corrected chi connectivity index (χ0v) is 14.6. The number of benzene rings is 1. The van der Waals surface area contributed by atoms with Crippen LogP contribution in [0.2, 0.25) is 0 Å². The number of nitrogens with one attached hydrogen (secondary N) is 2. The highest BCUT2D eigenvalue weighted by molar-refractivity contribution is 7.90. The van der Waals surface area contributed by atoms with Gasteiger partial charge in [-0.1, -0.05) is 17.7 Å². The molecule has 3 rings (SSSR count). The maximum absolute atomic E-state index is 12.9. The maximum atomic E-state index is 12.9. The number of nitrogens with zero attached hydrogens (tertiary/aromatic N) is 2. The highest BCUT2D eigenvalue weighted by Crippen LogP contribution is 2.28. The topological polar surface area (TPSA) is 139 Å². The average Bonchev–Trinajstić information content (AvgIpc) is 2.81. The van der Waals surface area contributed by atoms with Crippen LogP contribution in [0.4, 0.5) is 5.82 Å². The summed E-state index contributed by atoms with van der Waals surface area (Å²) in [4.78, 5) is 30.5. The highest BCUT2D eigenvalue weighted by atomic mass is 32.2. The monoisotopic (exact) mass is 363 g/mol. The van der Waals surface area contributed by atoms with Crippen molar-refractivity contribution in [3.05, 3.63) is 46.0 Å². The predicted octanol–water partition coefficient (Wildman–Crippen LogP) is 0.158. The SMILES string of the molecule is Cc1ccc(S(=O)(=O)n2c3c([nH]c2=O)C(C(N)=O)=NC(C)(C)N3)cc1. The van der Waals surface area contributed by atoms with E-state index in [0.29, 0.717) is 3.97 Å². The Labute approximate surface area is 143 Å². The van der Waals surface area contributed by atoms with Crippen molar-refractivity contribution in [2.75, 3.05) is 5.32 Å². The van der Waals surface area contributed by atoms with Crippen molar-refractivity contribution in [1.29, 1.82) is 0 Å². The highest BCUT2D eigenvalue weighted by Gasteiger charge is 2.36. The molecule has 0 fully saturated rings. The summed E-state index contributed by atoms with van der Waals surface area (Å²) in [5, 5.41) is 2.86. The van der Waals surface area contributed by atoms with Crippen molar-refractivity contribution in [3.8, 4) is 0 Å². The Kier molecular flexibility index (Phi) is 3.60. The number of carbonyl (C=O) groups is 1. The van der Waals surface area contributed by atoms with Crippen LogP contribution >= 0.6 is 0 Å². The van der Waals surface area contributed by atoms with Gasteiger partial charge in [0, 0.05) is 0 Å². The van der Waals surface area contributed by atoms with E-state index in [4.69, 9.17) is 5.73 Å². The number of carbonyl (C=O) groups excluding carboxylic acids is 1. The van der Waals surface area contributed by atoms with E-state index in [9.17, 15) is 18.0 Å². The number of nitrogens with two attached hydrogens (primary N) is 1. The predicted molar refractivity (Wildman–Crippen MR) is 92.2 cm³/mol. The molecular weight excluding hydrogens is 346 g/mol. The van der Waals surface area contributed by atoms with Gasteiger partial charge in [-0.3, -0.25) is 9.79 Å². The Hall–Kier alpha value is -2.88. The number of aromatic amines is 1. The summed E-state index contributed by atoms with van der Waals surface area (Å²) in [7, 11) is -4.18. The zero-order chi connectivity index (χ0) is 18.6. The molecule has 0 bridgehead atoms. The van der Waals surface area contributed by atoms with Gasteiger partial charge in [0.25, 0.3) is 15.9 Å². The first kappa shape index (κ1) is 17.0. The summed E-state index contributed by atoms with van der Waals surface area (Å²) in [6.45, 7) is 5.07. The molecule has 9 nitrogen and oxygen atoms in total. The van der Waals surface area contributed by atoms with Gasteiger partial charge in [0.2, 0.25) is 0 Å². The van der Waals surface area contributed by atoms with Gasteiger partial charge in [-0.15, -0.1) is 0 Å². The van der Waals surface area contributed by atoms with Crippen LogP contribution in [0.25, 0.3) is 0 Å². The Bertz CT molecular complexity index is 1060. The molecule has 1 aliphatic heterocycles. The van der Waals surface area contributed by atoms with Crippen LogP contribution in [0.5, 0.6) is 0 Å². The van der Waals surface area contributed by atoms with Gasteiger partial charge < -0.3 is 16.0 Å². The van der Waals surface area contributed by atoms with Crippen LogP contribution in [0.1, 0.15) is 25.1 Å². The summed E-state index contributed by atoms with van der Waals surface area (Å²) >= 11 is 0. The fraction of sp³-hybridized carbons (Fsp3) is 0.267. The third-order valence-corrected chi connectivity index (χ3v) is 5.40. The van der Waals surface area contributed by atoms with Gasteiger partial charge in [-0.2, -0.15) is 3.97 Å². The minimum absolute atomic E-state index is 0.0486. The Balaban J connectivity index is 2.28. The second kappa shape index (κ2) is 5.31. The Morgan fingerprint density at radius 2 is 1.84 bits per heavy atom. The first-order chi connectivity index (χ1) is 11.5. The molecule has 0 saturated carbocycles. The number of aliphatic imine (C=N–C) groups is 1. The lowest BCUT2D eigenvalue weighted by molar-refractivity contribution is -0.112. The molecule has 0 atom stereocenters. The first-order valence-electron chi connectivity index (χ1n) is 7.38. The molecule has 25 heavy (non-hydrogen) atoms. The van der Waals surface area contributed by atoms with Crippen molar-refractivity contribution in [3.63, 3.8) is 0 Å². The van der Waals surface area contributed by atoms with Crippen molar-refractivity contribution < 1.29 is 13.2 Å². The summed E-state index contributed by atoms with van der Waals surface area (Å²) in [5.41, 5.74) is 4.04. The summed E-state index contributed by atoms with van der Waals surface area (Å²) in [5.74, 6) is -0.934. The fourth-order valence-electron chi connectivity index (χ4n) is 2.58. The van der Waals surface area contributed by atoms with Gasteiger partial charge in [0.05, 0.1) is 4.90 Å². The lowest BCUT2D eigenvalue weighted by Gasteiger charge is -2.28. The van der Waals surface area contributed by atoms with Crippen molar-refractivity contribution in [2.24, 2.45) is 10.7 Å². The van der Waals surface area contributed by atoms with E-state index in [1.54, 1.807) is 26.0 Å². The molecule has 1 aromatic carbocycles. The van der Waals surface area contributed by atoms with Gasteiger partial charge in [-0.25, -0.2) is 13.2 Å². The number of imidazole rings is 1. The van der Waals surface area contributed by atoms with Crippen LogP contribution in [0.15, 0.2) is 38.9 Å². The number of amides is 1. The molecule has 1 aromatic heterocycles. The summed E-state index contributed by atoms with van der Waals surface area (Å²) in [6.07, 6.45) is 0. The first-order valence-corrected chi connectivity index (χ1v) is 8.82. The molecular formula is C15H17N5O4S. The number of rotatable bonds is 3. The van der Waals surface area contributed by atoms with Crippen LogP contribution in [0, 0.1) is 6.92 Å². The molecule has 0 spiro atoms. The van der Waals surface area contributed by atoms with Crippen LogP contribution in [-0.2, 0) is 14.8 Å². The fourth-order valence-corrected chi connectivity index (χ4v) is 3.91. The normalized spacial score (nSPS) is 15.9. The molecule has 0 saturated heterocycles. The van der Waals surface area contributed by atoms with E-state index in [2.05, 4.69) is 15.3 Å². The van der Waals surface area contributed by atoms with Crippen LogP contribution < -0.4 is 16.7 Å². The molecule has 1 aliphatic rings. The minimum atomic E-state index is -4.18. The third-order valence-electron chi connectivity index (χ3n) is 3.70. The number of aryl methyl sites for hydroxylation is 1. The number of fused-ring (bicyclic) bond motifs is 1. The van der Waals surface area contributed by atoms with E-state index in [1.807, 2.05) is 6.92 Å². The second-order valence-corrected chi connectivity index (χ2v) is 8.03. The van der Waals surface area contributed by atoms with E-state index >= 15 is 0 Å². The zero-order valence-electron chi connectivity index (χ0n) is 13.8. The number of aromatic nitrogens is 2. The second-order valence-electron chi connectivity index (χ2n) is 6.24. The van der Waals surface area contributed by atoms with E-state index in [1.165, 1.54) is 12.1 Å². The maximum Gasteiger partial charge on any atom is 0.341 e. The van der Waals surface area contributed by atoms with Gasteiger partial charge in [0.15, 0.2) is 11.5 Å². The smallest absolute Gasteiger partial charge is 0.341 e. The van der Waals surface area contributed by atoms with E-state index in [0.717, 1.165) is 5.56 Å². The average molecular weight is 363 g/mol. The molecule has 1 amide bonds. The Morgan fingerprint density at radius 1 is 1.24 bits per heavy atom. The molecule has 0 aliphatic carbocycles. The van der Waals surface area contributed by atoms with Gasteiger partial charge in [0.1, 0.15) is 11.4 Å². The van der Waals surface area contributed by atoms with Crippen molar-refractivity contribution in [2.45, 2.75) is 31.3 Å². The number of H-pyrrole nitrogens is 1.